The summed E-state index contributed by atoms with van der Waals surface area (Å²) in [5.41, 5.74) is 1.02. The van der Waals surface area contributed by atoms with E-state index >= 15 is 0 Å². The number of hydrogen-bond acceptors (Lipinski definition) is 2. The number of rotatable bonds is 7. The molecular weight excluding hydrogens is 232 g/mol. The maximum Gasteiger partial charge on any atom is 0.0637 e. The predicted octanol–water partition coefficient (Wildman–Crippen LogP) is 3.87. The molecular formula is C14H23ClN2. The Labute approximate surface area is 110 Å². The molecule has 3 heteroatoms. The summed E-state index contributed by atoms with van der Waals surface area (Å²) < 4.78 is 0. The highest BCUT2D eigenvalue weighted by Gasteiger charge is 2.09. The molecule has 0 spiro atoms. The molecule has 0 aromatic heterocycles. The van der Waals surface area contributed by atoms with Crippen molar-refractivity contribution in [3.63, 3.8) is 0 Å². The van der Waals surface area contributed by atoms with E-state index in [0.717, 1.165) is 30.3 Å². The molecule has 0 bridgehead atoms. The number of halogens is 1. The van der Waals surface area contributed by atoms with Crippen molar-refractivity contribution in [2.24, 2.45) is 0 Å². The van der Waals surface area contributed by atoms with Gasteiger partial charge >= 0.3 is 0 Å². The van der Waals surface area contributed by atoms with Crippen LogP contribution in [0.4, 0.5) is 5.69 Å². The zero-order valence-electron chi connectivity index (χ0n) is 11.0. The lowest BCUT2D eigenvalue weighted by atomic mass is 10.2. The number of nitrogens with one attached hydrogen (secondary N) is 1. The van der Waals surface area contributed by atoms with Gasteiger partial charge in [-0.15, -0.1) is 0 Å². The molecule has 0 aliphatic heterocycles. The van der Waals surface area contributed by atoms with Gasteiger partial charge in [0.2, 0.25) is 0 Å². The first-order valence-electron chi connectivity index (χ1n) is 6.41. The van der Waals surface area contributed by atoms with Gasteiger partial charge in [0.15, 0.2) is 0 Å². The van der Waals surface area contributed by atoms with E-state index in [0.29, 0.717) is 6.04 Å². The molecule has 1 aromatic rings. The monoisotopic (exact) mass is 254 g/mol. The Morgan fingerprint density at radius 2 is 2.00 bits per heavy atom. The lowest BCUT2D eigenvalue weighted by Crippen LogP contribution is -2.36. The van der Waals surface area contributed by atoms with E-state index in [1.165, 1.54) is 6.42 Å². The zero-order chi connectivity index (χ0) is 12.7. The van der Waals surface area contributed by atoms with Crippen LogP contribution in [0.3, 0.4) is 0 Å². The normalized spacial score (nSPS) is 12.8. The molecule has 17 heavy (non-hydrogen) atoms. The first-order valence-corrected chi connectivity index (χ1v) is 6.79. The van der Waals surface area contributed by atoms with E-state index in [2.05, 4.69) is 31.0 Å². The van der Waals surface area contributed by atoms with Gasteiger partial charge in [-0.25, -0.2) is 0 Å². The Hall–Kier alpha value is -0.730. The van der Waals surface area contributed by atoms with Gasteiger partial charge in [-0.05, 0) is 32.0 Å². The number of likely N-dealkylation sites (N-methyl/N-ethyl adjacent to an activating group) is 1. The van der Waals surface area contributed by atoms with Gasteiger partial charge in [0.25, 0.3) is 0 Å². The van der Waals surface area contributed by atoms with Gasteiger partial charge in [0.05, 0.1) is 10.7 Å². The lowest BCUT2D eigenvalue weighted by Gasteiger charge is -2.27. The van der Waals surface area contributed by atoms with Gasteiger partial charge < -0.3 is 5.32 Å². The van der Waals surface area contributed by atoms with Gasteiger partial charge in [-0.1, -0.05) is 37.6 Å². The Bertz CT molecular complexity index is 328. The molecule has 0 aliphatic rings. The first kappa shape index (κ1) is 14.3. The van der Waals surface area contributed by atoms with Crippen molar-refractivity contribution in [1.29, 1.82) is 0 Å². The Kier molecular flexibility index (Phi) is 6.38. The van der Waals surface area contributed by atoms with Crippen LogP contribution >= 0.6 is 11.6 Å². The summed E-state index contributed by atoms with van der Waals surface area (Å²) in [5, 5.41) is 4.17. The molecule has 0 aliphatic carbocycles. The highest BCUT2D eigenvalue weighted by molar-refractivity contribution is 6.33. The maximum atomic E-state index is 6.09. The molecule has 0 fully saturated rings. The number of anilines is 1. The van der Waals surface area contributed by atoms with Crippen molar-refractivity contribution < 1.29 is 0 Å². The van der Waals surface area contributed by atoms with E-state index in [9.17, 15) is 0 Å². The molecule has 1 unspecified atom stereocenters. The van der Waals surface area contributed by atoms with Crippen LogP contribution in [0.1, 0.15) is 27.2 Å². The van der Waals surface area contributed by atoms with Crippen molar-refractivity contribution in [2.45, 2.75) is 33.2 Å². The molecule has 2 nitrogen and oxygen atoms in total. The molecule has 1 N–H and O–H groups in total. The smallest absolute Gasteiger partial charge is 0.0637 e. The molecule has 1 rings (SSSR count). The quantitative estimate of drug-likeness (QED) is 0.795. The first-order chi connectivity index (χ1) is 8.19. The summed E-state index contributed by atoms with van der Waals surface area (Å²) in [5.74, 6) is 0. The molecule has 0 saturated carbocycles. The molecule has 1 atom stereocenters. The molecule has 0 saturated heterocycles. The van der Waals surface area contributed by atoms with Crippen LogP contribution in [0.25, 0.3) is 0 Å². The zero-order valence-corrected chi connectivity index (χ0v) is 11.8. The topological polar surface area (TPSA) is 15.3 Å². The summed E-state index contributed by atoms with van der Waals surface area (Å²) in [6.45, 7) is 9.80. The second kappa shape index (κ2) is 7.57. The summed E-state index contributed by atoms with van der Waals surface area (Å²) in [6.07, 6.45) is 1.19. The minimum absolute atomic E-state index is 0.646. The van der Waals surface area contributed by atoms with Crippen molar-refractivity contribution in [1.82, 2.24) is 4.90 Å². The standard InChI is InChI=1S/C14H23ClN2/c1-4-12(3)17(5-2)11-10-16-14-9-7-6-8-13(14)15/h6-9,12,16H,4-5,10-11H2,1-3H3. The van der Waals surface area contributed by atoms with Crippen LogP contribution in [0.2, 0.25) is 5.02 Å². The predicted molar refractivity (Wildman–Crippen MR) is 76.9 cm³/mol. The van der Waals surface area contributed by atoms with Crippen LogP contribution in [-0.2, 0) is 0 Å². The fraction of sp³-hybridized carbons (Fsp3) is 0.571. The SMILES string of the molecule is CCC(C)N(CC)CCNc1ccccc1Cl. The summed E-state index contributed by atoms with van der Waals surface area (Å²) >= 11 is 6.09. The fourth-order valence-corrected chi connectivity index (χ4v) is 2.09. The Morgan fingerprint density at radius 3 is 2.59 bits per heavy atom. The summed E-state index contributed by atoms with van der Waals surface area (Å²) in [6, 6.07) is 8.52. The number of hydrogen-bond donors (Lipinski definition) is 1. The van der Waals surface area contributed by atoms with E-state index in [4.69, 9.17) is 11.6 Å². The molecule has 96 valence electrons. The highest BCUT2D eigenvalue weighted by atomic mass is 35.5. The summed E-state index contributed by atoms with van der Waals surface area (Å²) in [4.78, 5) is 2.48. The molecule has 0 radical (unpaired) electrons. The second-order valence-corrected chi connectivity index (χ2v) is 4.70. The van der Waals surface area contributed by atoms with Gasteiger partial charge in [-0.2, -0.15) is 0 Å². The van der Waals surface area contributed by atoms with Crippen molar-refractivity contribution >= 4 is 17.3 Å². The molecule has 1 aromatic carbocycles. The minimum atomic E-state index is 0.646. The van der Waals surface area contributed by atoms with Crippen molar-refractivity contribution in [3.05, 3.63) is 29.3 Å². The van der Waals surface area contributed by atoms with E-state index in [1.54, 1.807) is 0 Å². The third-order valence-electron chi connectivity index (χ3n) is 3.21. The molecule has 0 amide bonds. The average molecular weight is 255 g/mol. The van der Waals surface area contributed by atoms with Gasteiger partial charge in [-0.3, -0.25) is 4.90 Å². The van der Waals surface area contributed by atoms with Crippen LogP contribution in [0.5, 0.6) is 0 Å². The third kappa shape index (κ3) is 4.57. The van der Waals surface area contributed by atoms with Crippen molar-refractivity contribution in [3.8, 4) is 0 Å². The Morgan fingerprint density at radius 1 is 1.29 bits per heavy atom. The molecule has 0 heterocycles. The van der Waals surface area contributed by atoms with Crippen LogP contribution < -0.4 is 5.32 Å². The second-order valence-electron chi connectivity index (χ2n) is 4.29. The van der Waals surface area contributed by atoms with E-state index in [-0.39, 0.29) is 0 Å². The van der Waals surface area contributed by atoms with E-state index in [1.807, 2.05) is 24.3 Å². The van der Waals surface area contributed by atoms with Crippen LogP contribution in [-0.4, -0.2) is 30.6 Å². The van der Waals surface area contributed by atoms with Crippen LogP contribution in [0.15, 0.2) is 24.3 Å². The van der Waals surface area contributed by atoms with E-state index < -0.39 is 0 Å². The highest BCUT2D eigenvalue weighted by Crippen LogP contribution is 2.19. The maximum absolute atomic E-state index is 6.09. The summed E-state index contributed by atoms with van der Waals surface area (Å²) in [7, 11) is 0. The van der Waals surface area contributed by atoms with Gasteiger partial charge in [0, 0.05) is 19.1 Å². The average Bonchev–Trinajstić information content (AvgIpc) is 2.36. The lowest BCUT2D eigenvalue weighted by molar-refractivity contribution is 0.223. The minimum Gasteiger partial charge on any atom is -0.383 e. The van der Waals surface area contributed by atoms with Crippen molar-refractivity contribution in [2.75, 3.05) is 25.0 Å². The fourth-order valence-electron chi connectivity index (χ4n) is 1.89. The van der Waals surface area contributed by atoms with Crippen LogP contribution in [0, 0.1) is 0 Å². The van der Waals surface area contributed by atoms with Gasteiger partial charge in [0.1, 0.15) is 0 Å². The third-order valence-corrected chi connectivity index (χ3v) is 3.54. The largest absolute Gasteiger partial charge is 0.383 e. The number of para-hydroxylation sites is 1. The Balaban J connectivity index is 2.39. The number of benzene rings is 1. The number of nitrogens with zero attached hydrogens (tertiary/aromatic N) is 1.